The number of hydrogen-bond donors (Lipinski definition) is 0. The summed E-state index contributed by atoms with van der Waals surface area (Å²) in [4.78, 5) is 0. The quantitative estimate of drug-likeness (QED) is 0.733. The Bertz CT molecular complexity index is 347. The molecule has 1 heterocycles. The molecule has 1 saturated heterocycles. The van der Waals surface area contributed by atoms with Crippen molar-refractivity contribution in [1.29, 1.82) is 0 Å². The molecule has 0 amide bonds. The van der Waals surface area contributed by atoms with E-state index >= 15 is 0 Å². The van der Waals surface area contributed by atoms with E-state index in [0.717, 1.165) is 26.1 Å². The first kappa shape index (κ1) is 11.9. The van der Waals surface area contributed by atoms with Gasteiger partial charge in [-0.2, -0.15) is 0 Å². The zero-order valence-electron chi connectivity index (χ0n) is 10.1. The molecule has 1 aromatic rings. The highest BCUT2D eigenvalue weighted by Gasteiger charge is 2.34. The normalized spacial score (nSPS) is 24.9. The summed E-state index contributed by atoms with van der Waals surface area (Å²) in [5, 5.41) is 0. The minimum atomic E-state index is 0.168. The fourth-order valence-corrected chi connectivity index (χ4v) is 2.85. The summed E-state index contributed by atoms with van der Waals surface area (Å²) >= 11 is 6.11. The fraction of sp³-hybridized carbons (Fsp3) is 0.571. The first-order valence-corrected chi connectivity index (χ1v) is 6.38. The molecule has 88 valence electrons. The van der Waals surface area contributed by atoms with Crippen molar-refractivity contribution in [3.8, 4) is 0 Å². The summed E-state index contributed by atoms with van der Waals surface area (Å²) in [6, 6.07) is 6.74. The zero-order valence-corrected chi connectivity index (χ0v) is 10.8. The van der Waals surface area contributed by atoms with Crippen LogP contribution in [0.5, 0.6) is 0 Å². The van der Waals surface area contributed by atoms with Gasteiger partial charge in [0.25, 0.3) is 0 Å². The predicted molar refractivity (Wildman–Crippen MR) is 68.2 cm³/mol. The second kappa shape index (κ2) is 4.77. The molecule has 1 fully saturated rings. The van der Waals surface area contributed by atoms with Crippen molar-refractivity contribution in [1.82, 2.24) is 0 Å². The van der Waals surface area contributed by atoms with Crippen LogP contribution in [0.3, 0.4) is 0 Å². The van der Waals surface area contributed by atoms with Crippen LogP contribution < -0.4 is 0 Å². The van der Waals surface area contributed by atoms with E-state index in [1.165, 1.54) is 16.7 Å². The maximum absolute atomic E-state index is 6.11. The highest BCUT2D eigenvalue weighted by molar-refractivity contribution is 6.18. The van der Waals surface area contributed by atoms with Gasteiger partial charge in [-0.15, -0.1) is 11.6 Å². The number of ether oxygens (including phenoxy) is 1. The van der Waals surface area contributed by atoms with Crippen LogP contribution in [0.25, 0.3) is 0 Å². The van der Waals surface area contributed by atoms with Gasteiger partial charge in [-0.05, 0) is 32.3 Å². The molecular weight excluding hydrogens is 220 g/mol. The molecule has 2 rings (SSSR count). The van der Waals surface area contributed by atoms with Gasteiger partial charge in [0.15, 0.2) is 0 Å². The van der Waals surface area contributed by atoms with Crippen LogP contribution in [-0.2, 0) is 11.2 Å². The van der Waals surface area contributed by atoms with Gasteiger partial charge in [-0.3, -0.25) is 0 Å². The largest absolute Gasteiger partial charge is 0.381 e. The Kier molecular flexibility index (Phi) is 3.56. The third-order valence-electron chi connectivity index (χ3n) is 3.33. The molecule has 0 N–H and O–H groups in total. The monoisotopic (exact) mass is 238 g/mol. The van der Waals surface area contributed by atoms with Gasteiger partial charge >= 0.3 is 0 Å². The van der Waals surface area contributed by atoms with Crippen molar-refractivity contribution in [2.45, 2.75) is 26.7 Å². The average molecular weight is 239 g/mol. The second-order valence-electron chi connectivity index (χ2n) is 5.11. The number of aryl methyl sites for hydroxylation is 2. The maximum Gasteiger partial charge on any atom is 0.0537 e. The molecule has 1 aromatic carbocycles. The van der Waals surface area contributed by atoms with Crippen LogP contribution in [0.1, 0.15) is 23.1 Å². The van der Waals surface area contributed by atoms with Crippen LogP contribution in [0, 0.1) is 19.3 Å². The van der Waals surface area contributed by atoms with E-state index in [-0.39, 0.29) is 5.41 Å². The van der Waals surface area contributed by atoms with Gasteiger partial charge in [-0.25, -0.2) is 0 Å². The number of hydrogen-bond acceptors (Lipinski definition) is 1. The molecule has 0 saturated carbocycles. The number of halogens is 1. The second-order valence-corrected chi connectivity index (χ2v) is 5.38. The molecule has 0 aliphatic carbocycles. The number of alkyl halides is 1. The Morgan fingerprint density at radius 3 is 2.44 bits per heavy atom. The van der Waals surface area contributed by atoms with Crippen LogP contribution in [0.4, 0.5) is 0 Å². The highest BCUT2D eigenvalue weighted by Crippen LogP contribution is 2.34. The molecule has 1 nitrogen and oxygen atoms in total. The SMILES string of the molecule is Cc1cc(C)cc(CC2(CCl)CCOC2)c1. The minimum absolute atomic E-state index is 0.168. The third-order valence-corrected chi connectivity index (χ3v) is 3.90. The summed E-state index contributed by atoms with van der Waals surface area (Å²) in [6.45, 7) is 5.96. The smallest absolute Gasteiger partial charge is 0.0537 e. The van der Waals surface area contributed by atoms with Crippen molar-refractivity contribution < 1.29 is 4.74 Å². The molecule has 0 aromatic heterocycles. The van der Waals surface area contributed by atoms with Crippen LogP contribution in [0.15, 0.2) is 18.2 Å². The number of rotatable bonds is 3. The van der Waals surface area contributed by atoms with Gasteiger partial charge in [0.2, 0.25) is 0 Å². The van der Waals surface area contributed by atoms with Gasteiger partial charge < -0.3 is 4.74 Å². The Balaban J connectivity index is 2.18. The summed E-state index contributed by atoms with van der Waals surface area (Å²) in [6.07, 6.45) is 2.13. The Labute approximate surface area is 103 Å². The molecule has 1 unspecified atom stereocenters. The predicted octanol–water partition coefficient (Wildman–Crippen LogP) is 3.49. The van der Waals surface area contributed by atoms with Crippen molar-refractivity contribution in [2.75, 3.05) is 19.1 Å². The van der Waals surface area contributed by atoms with Crippen LogP contribution in [-0.4, -0.2) is 19.1 Å². The van der Waals surface area contributed by atoms with Crippen LogP contribution in [0.2, 0.25) is 0 Å². The topological polar surface area (TPSA) is 9.23 Å². The lowest BCUT2D eigenvalue weighted by molar-refractivity contribution is 0.161. The van der Waals surface area contributed by atoms with Gasteiger partial charge in [0, 0.05) is 17.9 Å². The maximum atomic E-state index is 6.11. The molecule has 0 spiro atoms. The van der Waals surface area contributed by atoms with E-state index in [1.54, 1.807) is 0 Å². The van der Waals surface area contributed by atoms with Crippen LogP contribution >= 0.6 is 11.6 Å². The molecule has 2 heteroatoms. The lowest BCUT2D eigenvalue weighted by atomic mass is 9.82. The van der Waals surface area contributed by atoms with E-state index in [0.29, 0.717) is 5.88 Å². The molecule has 1 aliphatic heterocycles. The molecule has 0 radical (unpaired) electrons. The lowest BCUT2D eigenvalue weighted by Crippen LogP contribution is -2.26. The van der Waals surface area contributed by atoms with E-state index < -0.39 is 0 Å². The molecular formula is C14H19ClO. The van der Waals surface area contributed by atoms with Crippen molar-refractivity contribution in [3.05, 3.63) is 34.9 Å². The summed E-state index contributed by atoms with van der Waals surface area (Å²) < 4.78 is 5.50. The molecule has 16 heavy (non-hydrogen) atoms. The number of benzene rings is 1. The van der Waals surface area contributed by atoms with E-state index in [1.807, 2.05) is 0 Å². The molecule has 0 bridgehead atoms. The average Bonchev–Trinajstić information content (AvgIpc) is 2.65. The van der Waals surface area contributed by atoms with Gasteiger partial charge in [0.1, 0.15) is 0 Å². The fourth-order valence-electron chi connectivity index (χ4n) is 2.55. The highest BCUT2D eigenvalue weighted by atomic mass is 35.5. The Morgan fingerprint density at radius 2 is 1.94 bits per heavy atom. The first-order chi connectivity index (χ1) is 7.63. The molecule has 1 atom stereocenters. The molecule has 1 aliphatic rings. The van der Waals surface area contributed by atoms with Crippen molar-refractivity contribution in [2.24, 2.45) is 5.41 Å². The standard InChI is InChI=1S/C14H19ClO/c1-11-5-12(2)7-13(6-11)8-14(9-15)3-4-16-10-14/h5-7H,3-4,8-10H2,1-2H3. The third kappa shape index (κ3) is 2.58. The Hall–Kier alpha value is -0.530. The lowest BCUT2D eigenvalue weighted by Gasteiger charge is -2.24. The van der Waals surface area contributed by atoms with E-state index in [2.05, 4.69) is 32.0 Å². The van der Waals surface area contributed by atoms with Crippen molar-refractivity contribution >= 4 is 11.6 Å². The summed E-state index contributed by atoms with van der Waals surface area (Å²) in [5.74, 6) is 0.694. The minimum Gasteiger partial charge on any atom is -0.381 e. The first-order valence-electron chi connectivity index (χ1n) is 5.84. The Morgan fingerprint density at radius 1 is 1.25 bits per heavy atom. The van der Waals surface area contributed by atoms with E-state index in [9.17, 15) is 0 Å². The van der Waals surface area contributed by atoms with Gasteiger partial charge in [0.05, 0.1) is 6.61 Å². The van der Waals surface area contributed by atoms with Gasteiger partial charge in [-0.1, -0.05) is 29.3 Å². The van der Waals surface area contributed by atoms with E-state index in [4.69, 9.17) is 16.3 Å². The zero-order chi connectivity index (χ0) is 11.6. The summed E-state index contributed by atoms with van der Waals surface area (Å²) in [5.41, 5.74) is 4.22. The van der Waals surface area contributed by atoms with Crippen molar-refractivity contribution in [3.63, 3.8) is 0 Å². The summed E-state index contributed by atoms with van der Waals surface area (Å²) in [7, 11) is 0.